The van der Waals surface area contributed by atoms with E-state index >= 15 is 0 Å². The van der Waals surface area contributed by atoms with E-state index in [0.717, 1.165) is 21.9 Å². The van der Waals surface area contributed by atoms with Crippen LogP contribution in [0.15, 0.2) is 58.4 Å². The molecule has 0 aromatic heterocycles. The van der Waals surface area contributed by atoms with Gasteiger partial charge in [-0.15, -0.1) is 12.6 Å². The summed E-state index contributed by atoms with van der Waals surface area (Å²) in [4.78, 5) is 5.30. The molecule has 2 rings (SSSR count). The average molecular weight is 243 g/mol. The van der Waals surface area contributed by atoms with Crippen molar-refractivity contribution in [2.45, 2.75) is 4.90 Å². The van der Waals surface area contributed by atoms with Crippen molar-refractivity contribution in [1.82, 2.24) is 0 Å². The average Bonchev–Trinajstić information content (AvgIpc) is 2.38. The molecule has 0 aliphatic rings. The van der Waals surface area contributed by atoms with Gasteiger partial charge in [-0.05, 0) is 30.3 Å². The van der Waals surface area contributed by atoms with E-state index in [9.17, 15) is 0 Å². The molecule has 0 radical (unpaired) electrons. The number of benzene rings is 2. The summed E-state index contributed by atoms with van der Waals surface area (Å²) in [5.41, 5.74) is 1.90. The summed E-state index contributed by atoms with van der Waals surface area (Å²) >= 11 is 4.36. The smallest absolute Gasteiger partial charge is 0.119 e. The van der Waals surface area contributed by atoms with Gasteiger partial charge in [-0.2, -0.15) is 0 Å². The van der Waals surface area contributed by atoms with Gasteiger partial charge in [-0.3, -0.25) is 4.99 Å². The van der Waals surface area contributed by atoms with Crippen molar-refractivity contribution < 1.29 is 4.74 Å². The highest BCUT2D eigenvalue weighted by Crippen LogP contribution is 2.18. The van der Waals surface area contributed by atoms with Crippen LogP contribution in [0.2, 0.25) is 0 Å². The van der Waals surface area contributed by atoms with Crippen LogP contribution in [0.25, 0.3) is 0 Å². The first-order valence-electron chi connectivity index (χ1n) is 5.26. The summed E-state index contributed by atoms with van der Waals surface area (Å²) in [5, 5.41) is 0. The topological polar surface area (TPSA) is 21.6 Å². The number of hydrogen-bond donors (Lipinski definition) is 1. The Balaban J connectivity index is 2.17. The lowest BCUT2D eigenvalue weighted by Gasteiger charge is -2.00. The monoisotopic (exact) mass is 243 g/mol. The fraction of sp³-hybridized carbons (Fsp3) is 0.0714. The number of thiol groups is 1. The molecule has 0 aliphatic carbocycles. The lowest BCUT2D eigenvalue weighted by atomic mass is 10.2. The maximum Gasteiger partial charge on any atom is 0.119 e. The van der Waals surface area contributed by atoms with Gasteiger partial charge in [0.1, 0.15) is 5.75 Å². The van der Waals surface area contributed by atoms with E-state index in [4.69, 9.17) is 4.74 Å². The van der Waals surface area contributed by atoms with Crippen LogP contribution >= 0.6 is 12.6 Å². The number of aliphatic imine (C=N–C) groups is 1. The van der Waals surface area contributed by atoms with E-state index in [1.165, 1.54) is 0 Å². The van der Waals surface area contributed by atoms with Gasteiger partial charge in [0.25, 0.3) is 0 Å². The van der Waals surface area contributed by atoms with Crippen molar-refractivity contribution >= 4 is 24.5 Å². The maximum absolute atomic E-state index is 5.09. The molecule has 2 aromatic carbocycles. The molecule has 0 aliphatic heterocycles. The second-order valence-corrected chi connectivity index (χ2v) is 4.00. The number of ether oxygens (including phenoxy) is 1. The summed E-state index contributed by atoms with van der Waals surface area (Å²) in [6, 6.07) is 15.4. The molecule has 2 nitrogen and oxygen atoms in total. The molecule has 0 atom stereocenters. The van der Waals surface area contributed by atoms with Crippen LogP contribution in [-0.4, -0.2) is 13.3 Å². The molecule has 0 unspecified atom stereocenters. The lowest BCUT2D eigenvalue weighted by Crippen LogP contribution is -1.83. The Morgan fingerprint density at radius 2 is 1.76 bits per heavy atom. The zero-order valence-electron chi connectivity index (χ0n) is 9.50. The largest absolute Gasteiger partial charge is 0.497 e. The third kappa shape index (κ3) is 3.11. The minimum absolute atomic E-state index is 0.832. The van der Waals surface area contributed by atoms with Gasteiger partial charge in [0.05, 0.1) is 12.8 Å². The van der Waals surface area contributed by atoms with Crippen molar-refractivity contribution in [2.24, 2.45) is 4.99 Å². The predicted molar refractivity (Wildman–Crippen MR) is 73.9 cm³/mol. The van der Waals surface area contributed by atoms with Gasteiger partial charge in [0.2, 0.25) is 0 Å². The highest BCUT2D eigenvalue weighted by molar-refractivity contribution is 7.80. The minimum Gasteiger partial charge on any atom is -0.497 e. The molecule has 86 valence electrons. The maximum atomic E-state index is 5.09. The fourth-order valence-electron chi connectivity index (χ4n) is 1.41. The van der Waals surface area contributed by atoms with Gasteiger partial charge in [-0.1, -0.05) is 18.2 Å². The Kier molecular flexibility index (Phi) is 3.83. The number of nitrogens with zero attached hydrogens (tertiary/aromatic N) is 1. The Hall–Kier alpha value is -1.74. The molecule has 17 heavy (non-hydrogen) atoms. The van der Waals surface area contributed by atoms with Gasteiger partial charge < -0.3 is 4.74 Å². The van der Waals surface area contributed by atoms with Gasteiger partial charge >= 0.3 is 0 Å². The number of rotatable bonds is 3. The summed E-state index contributed by atoms with van der Waals surface area (Å²) < 4.78 is 5.09. The van der Waals surface area contributed by atoms with Crippen molar-refractivity contribution in [1.29, 1.82) is 0 Å². The third-order valence-electron chi connectivity index (χ3n) is 2.36. The second-order valence-electron chi connectivity index (χ2n) is 3.52. The Bertz CT molecular complexity index is 520. The molecule has 0 N–H and O–H groups in total. The molecule has 0 spiro atoms. The molecule has 0 bridgehead atoms. The van der Waals surface area contributed by atoms with E-state index in [1.54, 1.807) is 7.11 Å². The number of hydrogen-bond acceptors (Lipinski definition) is 3. The first kappa shape index (κ1) is 11.7. The molecule has 2 aromatic rings. The zero-order chi connectivity index (χ0) is 12.1. The van der Waals surface area contributed by atoms with Crippen LogP contribution in [0, 0.1) is 0 Å². The van der Waals surface area contributed by atoms with Crippen LogP contribution in [-0.2, 0) is 0 Å². The SMILES string of the molecule is COc1ccc(N=Cc2ccccc2S)cc1. The van der Waals surface area contributed by atoms with E-state index in [0.29, 0.717) is 0 Å². The van der Waals surface area contributed by atoms with Crippen LogP contribution in [0.3, 0.4) is 0 Å². The van der Waals surface area contributed by atoms with Crippen molar-refractivity contribution in [2.75, 3.05) is 7.11 Å². The summed E-state index contributed by atoms with van der Waals surface area (Å²) in [7, 11) is 1.65. The second kappa shape index (κ2) is 5.55. The molecule has 0 saturated heterocycles. The van der Waals surface area contributed by atoms with Crippen LogP contribution in [0.1, 0.15) is 5.56 Å². The van der Waals surface area contributed by atoms with Crippen molar-refractivity contribution in [3.05, 3.63) is 54.1 Å². The molecule has 0 fully saturated rings. The van der Waals surface area contributed by atoms with Crippen LogP contribution in [0.4, 0.5) is 5.69 Å². The quantitative estimate of drug-likeness (QED) is 0.643. The summed E-state index contributed by atoms with van der Waals surface area (Å²) in [6.07, 6.45) is 1.81. The van der Waals surface area contributed by atoms with Gasteiger partial charge in [0, 0.05) is 16.7 Å². The first-order valence-corrected chi connectivity index (χ1v) is 5.70. The molecule has 0 saturated carbocycles. The van der Waals surface area contributed by atoms with E-state index in [-0.39, 0.29) is 0 Å². The van der Waals surface area contributed by atoms with E-state index < -0.39 is 0 Å². The Morgan fingerprint density at radius 1 is 1.06 bits per heavy atom. The van der Waals surface area contributed by atoms with E-state index in [1.807, 2.05) is 54.7 Å². The summed E-state index contributed by atoms with van der Waals surface area (Å²) in [5.74, 6) is 0.832. The first-order chi connectivity index (χ1) is 8.29. The predicted octanol–water partition coefficient (Wildman–Crippen LogP) is 3.73. The molecule has 3 heteroatoms. The van der Waals surface area contributed by atoms with Crippen LogP contribution in [0.5, 0.6) is 5.75 Å². The fourth-order valence-corrected chi connectivity index (χ4v) is 1.63. The standard InChI is InChI=1S/C14H13NOS/c1-16-13-8-6-12(7-9-13)15-10-11-4-2-3-5-14(11)17/h2-10,17H,1H3. The summed E-state index contributed by atoms with van der Waals surface area (Å²) in [6.45, 7) is 0. The van der Waals surface area contributed by atoms with Crippen molar-refractivity contribution in [3.8, 4) is 5.75 Å². The highest BCUT2D eigenvalue weighted by atomic mass is 32.1. The number of methoxy groups -OCH3 is 1. The third-order valence-corrected chi connectivity index (χ3v) is 2.77. The Labute approximate surface area is 106 Å². The minimum atomic E-state index is 0.832. The van der Waals surface area contributed by atoms with Gasteiger partial charge in [0.15, 0.2) is 0 Å². The Morgan fingerprint density at radius 3 is 2.41 bits per heavy atom. The molecular formula is C14H13NOS. The van der Waals surface area contributed by atoms with Crippen LogP contribution < -0.4 is 4.74 Å². The zero-order valence-corrected chi connectivity index (χ0v) is 10.4. The normalized spacial score (nSPS) is 10.7. The molecule has 0 amide bonds. The highest BCUT2D eigenvalue weighted by Gasteiger charge is 1.94. The van der Waals surface area contributed by atoms with Gasteiger partial charge in [-0.25, -0.2) is 0 Å². The van der Waals surface area contributed by atoms with E-state index in [2.05, 4.69) is 17.6 Å². The lowest BCUT2D eigenvalue weighted by molar-refractivity contribution is 0.415. The molecule has 0 heterocycles. The van der Waals surface area contributed by atoms with Crippen molar-refractivity contribution in [3.63, 3.8) is 0 Å². The molecular weight excluding hydrogens is 230 g/mol.